The second kappa shape index (κ2) is 8.80. The van der Waals surface area contributed by atoms with Crippen molar-refractivity contribution in [1.82, 2.24) is 0 Å². The number of esters is 1. The highest BCUT2D eigenvalue weighted by atomic mass is 16.7. The van der Waals surface area contributed by atoms with Crippen LogP contribution >= 0.6 is 0 Å². The summed E-state index contributed by atoms with van der Waals surface area (Å²) in [6.07, 6.45) is 4.74. The second-order valence-corrected chi connectivity index (χ2v) is 5.30. The highest BCUT2D eigenvalue weighted by molar-refractivity contribution is 5.77. The predicted octanol–water partition coefficient (Wildman–Crippen LogP) is 3.27. The Bertz CT molecular complexity index is 412. The number of carbonyl (C=O) groups excluding carboxylic acids is 1. The maximum absolute atomic E-state index is 11.9. The fourth-order valence-electron chi connectivity index (χ4n) is 2.59. The second-order valence-electron chi connectivity index (χ2n) is 5.30. The quantitative estimate of drug-likeness (QED) is 0.571. The molecule has 0 aliphatic carbocycles. The zero-order chi connectivity index (χ0) is 14.9. The van der Waals surface area contributed by atoms with E-state index in [1.165, 1.54) is 13.5 Å². The van der Waals surface area contributed by atoms with E-state index < -0.39 is 0 Å². The Balaban J connectivity index is 1.78. The predicted molar refractivity (Wildman–Crippen MR) is 80.0 cm³/mol. The van der Waals surface area contributed by atoms with Crippen LogP contribution in [-0.4, -0.2) is 32.6 Å². The van der Waals surface area contributed by atoms with E-state index in [2.05, 4.69) is 0 Å². The molecule has 1 aromatic carbocycles. The summed E-state index contributed by atoms with van der Waals surface area (Å²) < 4.78 is 16.1. The first-order valence-corrected chi connectivity index (χ1v) is 7.67. The van der Waals surface area contributed by atoms with Gasteiger partial charge >= 0.3 is 5.97 Å². The Morgan fingerprint density at radius 3 is 2.81 bits per heavy atom. The van der Waals surface area contributed by atoms with Gasteiger partial charge in [-0.3, -0.25) is 4.79 Å². The van der Waals surface area contributed by atoms with Crippen LogP contribution in [0.1, 0.15) is 43.6 Å². The highest BCUT2D eigenvalue weighted by Gasteiger charge is 2.21. The largest absolute Gasteiger partial charge is 0.469 e. The zero-order valence-electron chi connectivity index (χ0n) is 12.6. The SMILES string of the molecule is COC(=O)C(CCCOC1CCCCO1)c1ccccc1. The van der Waals surface area contributed by atoms with Gasteiger partial charge < -0.3 is 14.2 Å². The minimum atomic E-state index is -0.216. The van der Waals surface area contributed by atoms with Gasteiger partial charge in [0.25, 0.3) is 0 Å². The first kappa shape index (κ1) is 16.0. The van der Waals surface area contributed by atoms with Gasteiger partial charge in [0.2, 0.25) is 0 Å². The number of hydrogen-bond donors (Lipinski definition) is 0. The van der Waals surface area contributed by atoms with Crippen LogP contribution in [0, 0.1) is 0 Å². The summed E-state index contributed by atoms with van der Waals surface area (Å²) >= 11 is 0. The Morgan fingerprint density at radius 1 is 1.33 bits per heavy atom. The van der Waals surface area contributed by atoms with Crippen molar-refractivity contribution in [3.8, 4) is 0 Å². The van der Waals surface area contributed by atoms with E-state index in [0.29, 0.717) is 6.61 Å². The molecule has 0 N–H and O–H groups in total. The fourth-order valence-corrected chi connectivity index (χ4v) is 2.59. The molecular weight excluding hydrogens is 268 g/mol. The molecule has 0 aromatic heterocycles. The molecule has 4 nitrogen and oxygen atoms in total. The molecule has 1 heterocycles. The maximum Gasteiger partial charge on any atom is 0.313 e. The summed E-state index contributed by atoms with van der Waals surface area (Å²) in [5.74, 6) is -0.401. The van der Waals surface area contributed by atoms with E-state index in [9.17, 15) is 4.79 Å². The van der Waals surface area contributed by atoms with E-state index >= 15 is 0 Å². The number of carbonyl (C=O) groups is 1. The van der Waals surface area contributed by atoms with Crippen LogP contribution in [0.4, 0.5) is 0 Å². The van der Waals surface area contributed by atoms with Gasteiger partial charge in [-0.05, 0) is 37.7 Å². The standard InChI is InChI=1S/C17H24O4/c1-19-17(18)15(14-8-3-2-4-9-14)10-7-13-21-16-11-5-6-12-20-16/h2-4,8-9,15-16H,5-7,10-13H2,1H3. The summed E-state index contributed by atoms with van der Waals surface area (Å²) in [7, 11) is 1.44. The average molecular weight is 292 g/mol. The van der Waals surface area contributed by atoms with Gasteiger partial charge in [0.15, 0.2) is 6.29 Å². The van der Waals surface area contributed by atoms with Crippen LogP contribution in [0.25, 0.3) is 0 Å². The lowest BCUT2D eigenvalue weighted by Crippen LogP contribution is -2.23. The van der Waals surface area contributed by atoms with Gasteiger partial charge in [0.05, 0.1) is 13.0 Å². The minimum Gasteiger partial charge on any atom is -0.469 e. The van der Waals surface area contributed by atoms with Crippen molar-refractivity contribution < 1.29 is 19.0 Å². The number of methoxy groups -OCH3 is 1. The van der Waals surface area contributed by atoms with Crippen LogP contribution in [-0.2, 0) is 19.0 Å². The van der Waals surface area contributed by atoms with Crippen molar-refractivity contribution in [1.29, 1.82) is 0 Å². The van der Waals surface area contributed by atoms with Gasteiger partial charge in [-0.25, -0.2) is 0 Å². The third-order valence-corrected chi connectivity index (χ3v) is 3.77. The van der Waals surface area contributed by atoms with Gasteiger partial charge in [-0.1, -0.05) is 30.3 Å². The molecule has 2 atom stereocenters. The Hall–Kier alpha value is -1.39. The Morgan fingerprint density at radius 2 is 2.14 bits per heavy atom. The molecule has 2 rings (SSSR count). The molecule has 0 saturated carbocycles. The van der Waals surface area contributed by atoms with Gasteiger partial charge in [0.1, 0.15) is 0 Å². The van der Waals surface area contributed by atoms with E-state index in [-0.39, 0.29) is 18.2 Å². The minimum absolute atomic E-state index is 0.0629. The number of ether oxygens (including phenoxy) is 3. The molecule has 1 aliphatic rings. The van der Waals surface area contributed by atoms with Crippen molar-refractivity contribution >= 4 is 5.97 Å². The van der Waals surface area contributed by atoms with Gasteiger partial charge in [-0.2, -0.15) is 0 Å². The number of benzene rings is 1. The summed E-state index contributed by atoms with van der Waals surface area (Å²) in [4.78, 5) is 11.9. The molecule has 1 fully saturated rings. The van der Waals surface area contributed by atoms with Crippen LogP contribution < -0.4 is 0 Å². The molecule has 116 valence electrons. The normalized spacial score (nSPS) is 20.0. The van der Waals surface area contributed by atoms with E-state index in [4.69, 9.17) is 14.2 Å². The molecule has 4 heteroatoms. The average Bonchev–Trinajstić information content (AvgIpc) is 2.56. The summed E-state index contributed by atoms with van der Waals surface area (Å²) in [5.41, 5.74) is 0.998. The molecule has 21 heavy (non-hydrogen) atoms. The molecule has 1 aliphatic heterocycles. The third kappa shape index (κ3) is 5.14. The number of hydrogen-bond acceptors (Lipinski definition) is 4. The first-order chi connectivity index (χ1) is 10.3. The molecular formula is C17H24O4. The lowest BCUT2D eigenvalue weighted by molar-refractivity contribution is -0.163. The molecule has 0 spiro atoms. The molecule has 1 saturated heterocycles. The lowest BCUT2D eigenvalue weighted by atomic mass is 9.94. The summed E-state index contributed by atoms with van der Waals surface area (Å²) in [6, 6.07) is 9.76. The monoisotopic (exact) mass is 292 g/mol. The number of rotatable bonds is 7. The molecule has 0 amide bonds. The summed E-state index contributed by atoms with van der Waals surface area (Å²) in [6.45, 7) is 1.41. The maximum atomic E-state index is 11.9. The Kier molecular flexibility index (Phi) is 6.70. The topological polar surface area (TPSA) is 44.8 Å². The molecule has 1 aromatic rings. The smallest absolute Gasteiger partial charge is 0.313 e. The third-order valence-electron chi connectivity index (χ3n) is 3.77. The zero-order valence-corrected chi connectivity index (χ0v) is 12.6. The van der Waals surface area contributed by atoms with Crippen LogP contribution in [0.5, 0.6) is 0 Å². The Labute approximate surface area is 126 Å². The van der Waals surface area contributed by atoms with Crippen molar-refractivity contribution in [2.24, 2.45) is 0 Å². The first-order valence-electron chi connectivity index (χ1n) is 7.67. The lowest BCUT2D eigenvalue weighted by Gasteiger charge is -2.23. The summed E-state index contributed by atoms with van der Waals surface area (Å²) in [5, 5.41) is 0. The van der Waals surface area contributed by atoms with Gasteiger partial charge in [0, 0.05) is 13.2 Å². The van der Waals surface area contributed by atoms with Crippen LogP contribution in [0.3, 0.4) is 0 Å². The van der Waals surface area contributed by atoms with E-state index in [1.54, 1.807) is 0 Å². The highest BCUT2D eigenvalue weighted by Crippen LogP contribution is 2.23. The van der Waals surface area contributed by atoms with E-state index in [1.807, 2.05) is 30.3 Å². The fraction of sp³-hybridized carbons (Fsp3) is 0.588. The van der Waals surface area contributed by atoms with Crippen molar-refractivity contribution in [3.63, 3.8) is 0 Å². The van der Waals surface area contributed by atoms with Crippen molar-refractivity contribution in [3.05, 3.63) is 35.9 Å². The van der Waals surface area contributed by atoms with Crippen LogP contribution in [0.15, 0.2) is 30.3 Å². The molecule has 0 radical (unpaired) electrons. The van der Waals surface area contributed by atoms with Crippen LogP contribution in [0.2, 0.25) is 0 Å². The van der Waals surface area contributed by atoms with Crippen molar-refractivity contribution in [2.45, 2.75) is 44.3 Å². The van der Waals surface area contributed by atoms with Crippen molar-refractivity contribution in [2.75, 3.05) is 20.3 Å². The van der Waals surface area contributed by atoms with Gasteiger partial charge in [-0.15, -0.1) is 0 Å². The molecule has 0 bridgehead atoms. The molecule has 2 unspecified atom stereocenters. The van der Waals surface area contributed by atoms with E-state index in [0.717, 1.165) is 37.9 Å².